The van der Waals surface area contributed by atoms with Gasteiger partial charge in [0.15, 0.2) is 0 Å². The lowest BCUT2D eigenvalue weighted by molar-refractivity contribution is -0.126. The third-order valence-corrected chi connectivity index (χ3v) is 3.13. The number of carbonyl (C=O) groups is 1. The van der Waals surface area contributed by atoms with Crippen LogP contribution in [0.1, 0.15) is 5.56 Å². The van der Waals surface area contributed by atoms with Crippen molar-refractivity contribution in [3.05, 3.63) is 35.9 Å². The minimum Gasteiger partial charge on any atom is -0.394 e. The van der Waals surface area contributed by atoms with E-state index in [1.165, 1.54) is 0 Å². The van der Waals surface area contributed by atoms with Crippen molar-refractivity contribution in [3.8, 4) is 0 Å². The Bertz CT molecular complexity index is 391. The first-order chi connectivity index (χ1) is 9.29. The topological polar surface area (TPSA) is 70.6 Å². The van der Waals surface area contributed by atoms with Gasteiger partial charge in [0, 0.05) is 6.54 Å². The Morgan fingerprint density at radius 2 is 2.26 bits per heavy atom. The number of hydrogen-bond acceptors (Lipinski definition) is 4. The van der Waals surface area contributed by atoms with E-state index in [2.05, 4.69) is 10.6 Å². The van der Waals surface area contributed by atoms with Gasteiger partial charge in [-0.1, -0.05) is 30.3 Å². The van der Waals surface area contributed by atoms with E-state index in [9.17, 15) is 9.90 Å². The third kappa shape index (κ3) is 4.31. The second-order valence-electron chi connectivity index (χ2n) is 4.66. The van der Waals surface area contributed by atoms with Gasteiger partial charge in [0.2, 0.25) is 5.91 Å². The van der Waals surface area contributed by atoms with E-state index in [-0.39, 0.29) is 24.6 Å². The van der Waals surface area contributed by atoms with Crippen LogP contribution in [0.2, 0.25) is 0 Å². The number of carbonyl (C=O) groups excluding carboxylic acids is 1. The van der Waals surface area contributed by atoms with Crippen molar-refractivity contribution in [2.75, 3.05) is 26.4 Å². The minimum absolute atomic E-state index is 0.0752. The molecule has 1 aliphatic heterocycles. The van der Waals surface area contributed by atoms with Gasteiger partial charge in [-0.2, -0.15) is 0 Å². The first-order valence-electron chi connectivity index (χ1n) is 6.56. The van der Waals surface area contributed by atoms with Crippen LogP contribution in [0, 0.1) is 0 Å². The molecule has 0 radical (unpaired) electrons. The Labute approximate surface area is 113 Å². The number of morpholine rings is 1. The normalized spacial score (nSPS) is 20.8. The maximum absolute atomic E-state index is 12.0. The van der Waals surface area contributed by atoms with Crippen molar-refractivity contribution >= 4 is 5.91 Å². The number of rotatable bonds is 5. The van der Waals surface area contributed by atoms with Gasteiger partial charge in [0.05, 0.1) is 25.9 Å². The summed E-state index contributed by atoms with van der Waals surface area (Å²) in [5.41, 5.74) is 1.09. The van der Waals surface area contributed by atoms with Crippen LogP contribution in [0.15, 0.2) is 30.3 Å². The summed E-state index contributed by atoms with van der Waals surface area (Å²) in [6.45, 7) is 1.63. The smallest absolute Gasteiger partial charge is 0.239 e. The largest absolute Gasteiger partial charge is 0.394 e. The van der Waals surface area contributed by atoms with Crippen LogP contribution in [0.5, 0.6) is 0 Å². The standard InChI is InChI=1S/C14H20N2O3/c17-9-12(8-11-4-2-1-3-5-11)16-14(18)13-10-19-7-6-15-13/h1-5,12-13,15,17H,6-10H2,(H,16,18). The molecule has 0 aromatic heterocycles. The van der Waals surface area contributed by atoms with Gasteiger partial charge in [-0.05, 0) is 12.0 Å². The van der Waals surface area contributed by atoms with E-state index in [1.54, 1.807) is 0 Å². The lowest BCUT2D eigenvalue weighted by Gasteiger charge is -2.25. The van der Waals surface area contributed by atoms with Gasteiger partial charge in [-0.15, -0.1) is 0 Å². The van der Waals surface area contributed by atoms with Gasteiger partial charge in [0.1, 0.15) is 6.04 Å². The zero-order chi connectivity index (χ0) is 13.5. The van der Waals surface area contributed by atoms with Crippen LogP contribution in [0.25, 0.3) is 0 Å². The highest BCUT2D eigenvalue weighted by molar-refractivity contribution is 5.82. The van der Waals surface area contributed by atoms with E-state index in [1.807, 2.05) is 30.3 Å². The molecule has 3 N–H and O–H groups in total. The van der Waals surface area contributed by atoms with Crippen molar-refractivity contribution in [2.24, 2.45) is 0 Å². The molecule has 0 saturated carbocycles. The van der Waals surface area contributed by atoms with Crippen molar-refractivity contribution < 1.29 is 14.6 Å². The predicted octanol–water partition coefficient (Wildman–Crippen LogP) is -0.305. The molecule has 2 unspecified atom stereocenters. The Morgan fingerprint density at radius 3 is 2.89 bits per heavy atom. The van der Waals surface area contributed by atoms with Crippen LogP contribution in [0.4, 0.5) is 0 Å². The lowest BCUT2D eigenvalue weighted by Crippen LogP contribution is -2.54. The summed E-state index contributed by atoms with van der Waals surface area (Å²) in [7, 11) is 0. The molecule has 1 aromatic rings. The molecule has 1 aliphatic rings. The third-order valence-electron chi connectivity index (χ3n) is 3.13. The molecule has 0 aliphatic carbocycles. The molecule has 5 heteroatoms. The second-order valence-corrected chi connectivity index (χ2v) is 4.66. The van der Waals surface area contributed by atoms with Crippen LogP contribution in [-0.4, -0.2) is 49.5 Å². The van der Waals surface area contributed by atoms with E-state index >= 15 is 0 Å². The summed E-state index contributed by atoms with van der Waals surface area (Å²) in [6.07, 6.45) is 0.622. The average molecular weight is 264 g/mol. The number of amides is 1. The molecular weight excluding hydrogens is 244 g/mol. The summed E-state index contributed by atoms with van der Waals surface area (Å²) in [5.74, 6) is -0.116. The minimum atomic E-state index is -0.321. The molecule has 5 nitrogen and oxygen atoms in total. The molecule has 2 rings (SSSR count). The molecule has 1 saturated heterocycles. The molecule has 1 aromatic carbocycles. The Morgan fingerprint density at radius 1 is 1.47 bits per heavy atom. The molecule has 2 atom stereocenters. The molecule has 19 heavy (non-hydrogen) atoms. The van der Waals surface area contributed by atoms with Crippen LogP contribution in [-0.2, 0) is 16.0 Å². The molecular formula is C14H20N2O3. The highest BCUT2D eigenvalue weighted by Crippen LogP contribution is 2.03. The highest BCUT2D eigenvalue weighted by Gasteiger charge is 2.23. The lowest BCUT2D eigenvalue weighted by atomic mass is 10.1. The second kappa shape index (κ2) is 7.23. The SMILES string of the molecule is O=C(NC(CO)Cc1ccccc1)C1COCCN1. The molecule has 1 amide bonds. The van der Waals surface area contributed by atoms with E-state index in [4.69, 9.17) is 4.74 Å². The van der Waals surface area contributed by atoms with E-state index < -0.39 is 0 Å². The Hall–Kier alpha value is -1.43. The summed E-state index contributed by atoms with van der Waals surface area (Å²) in [4.78, 5) is 12.0. The van der Waals surface area contributed by atoms with Gasteiger partial charge >= 0.3 is 0 Å². The molecule has 104 valence electrons. The number of nitrogens with one attached hydrogen (secondary N) is 2. The number of benzene rings is 1. The zero-order valence-electron chi connectivity index (χ0n) is 10.8. The monoisotopic (exact) mass is 264 g/mol. The fourth-order valence-electron chi connectivity index (χ4n) is 2.10. The molecule has 0 bridgehead atoms. The highest BCUT2D eigenvalue weighted by atomic mass is 16.5. The van der Waals surface area contributed by atoms with Crippen LogP contribution < -0.4 is 10.6 Å². The number of ether oxygens (including phenoxy) is 1. The average Bonchev–Trinajstić information content (AvgIpc) is 2.48. The first-order valence-corrected chi connectivity index (χ1v) is 6.56. The van der Waals surface area contributed by atoms with Crippen LogP contribution in [0.3, 0.4) is 0 Å². The van der Waals surface area contributed by atoms with E-state index in [0.29, 0.717) is 26.2 Å². The van der Waals surface area contributed by atoms with Crippen molar-refractivity contribution in [2.45, 2.75) is 18.5 Å². The van der Waals surface area contributed by atoms with Gasteiger partial charge in [-0.3, -0.25) is 4.79 Å². The summed E-state index contributed by atoms with van der Waals surface area (Å²) >= 11 is 0. The number of aliphatic hydroxyl groups excluding tert-OH is 1. The van der Waals surface area contributed by atoms with Crippen molar-refractivity contribution in [3.63, 3.8) is 0 Å². The quantitative estimate of drug-likeness (QED) is 0.682. The fourth-order valence-corrected chi connectivity index (χ4v) is 2.10. The molecule has 1 fully saturated rings. The zero-order valence-corrected chi connectivity index (χ0v) is 10.8. The predicted molar refractivity (Wildman–Crippen MR) is 71.8 cm³/mol. The fraction of sp³-hybridized carbons (Fsp3) is 0.500. The van der Waals surface area contributed by atoms with Crippen molar-refractivity contribution in [1.82, 2.24) is 10.6 Å². The molecule has 1 heterocycles. The first kappa shape index (κ1) is 14.0. The summed E-state index contributed by atoms with van der Waals surface area (Å²) < 4.78 is 5.25. The van der Waals surface area contributed by atoms with E-state index in [0.717, 1.165) is 5.56 Å². The molecule has 0 spiro atoms. The number of aliphatic hydroxyl groups is 1. The maximum Gasteiger partial charge on any atom is 0.239 e. The Balaban J connectivity index is 1.86. The number of hydrogen-bond donors (Lipinski definition) is 3. The Kier molecular flexibility index (Phi) is 5.32. The van der Waals surface area contributed by atoms with Crippen LogP contribution >= 0.6 is 0 Å². The van der Waals surface area contributed by atoms with Gasteiger partial charge in [0.25, 0.3) is 0 Å². The summed E-state index contributed by atoms with van der Waals surface area (Å²) in [5, 5.41) is 15.3. The van der Waals surface area contributed by atoms with Crippen molar-refractivity contribution in [1.29, 1.82) is 0 Å². The summed E-state index contributed by atoms with van der Waals surface area (Å²) in [6, 6.07) is 9.22. The van der Waals surface area contributed by atoms with Gasteiger partial charge < -0.3 is 20.5 Å². The maximum atomic E-state index is 12.0. The van der Waals surface area contributed by atoms with Gasteiger partial charge in [-0.25, -0.2) is 0 Å².